The predicted molar refractivity (Wildman–Crippen MR) is 83.3 cm³/mol. The molecule has 5 nitrogen and oxygen atoms in total. The van der Waals surface area contributed by atoms with E-state index >= 15 is 0 Å². The van der Waals surface area contributed by atoms with Crippen molar-refractivity contribution >= 4 is 28.8 Å². The van der Waals surface area contributed by atoms with Gasteiger partial charge >= 0.3 is 0 Å². The number of aromatic nitrogens is 1. The Bertz CT molecular complexity index is 586. The second-order valence-electron chi connectivity index (χ2n) is 5.46. The number of hydrogen-bond acceptors (Lipinski definition) is 5. The van der Waals surface area contributed by atoms with Gasteiger partial charge in [0.1, 0.15) is 5.52 Å². The van der Waals surface area contributed by atoms with E-state index in [1.165, 1.54) is 11.8 Å². The molecular weight excluding hydrogens is 288 g/mol. The highest BCUT2D eigenvalue weighted by molar-refractivity contribution is 7.99. The SMILES string of the molecule is CCN(CC(C)(C)O)C(=O)CSc1nc2ccccc2o1. The topological polar surface area (TPSA) is 66.6 Å². The first-order valence-corrected chi connectivity index (χ1v) is 7.86. The lowest BCUT2D eigenvalue weighted by atomic mass is 10.1. The van der Waals surface area contributed by atoms with Crippen LogP contribution < -0.4 is 0 Å². The number of carbonyl (C=O) groups excluding carboxylic acids is 1. The molecule has 0 aliphatic rings. The summed E-state index contributed by atoms with van der Waals surface area (Å²) >= 11 is 1.27. The van der Waals surface area contributed by atoms with E-state index in [2.05, 4.69) is 4.98 Å². The first-order valence-electron chi connectivity index (χ1n) is 6.87. The molecule has 114 valence electrons. The minimum atomic E-state index is -0.895. The largest absolute Gasteiger partial charge is 0.431 e. The third-order valence-electron chi connectivity index (χ3n) is 2.91. The van der Waals surface area contributed by atoms with Crippen LogP contribution in [-0.2, 0) is 4.79 Å². The highest BCUT2D eigenvalue weighted by atomic mass is 32.2. The van der Waals surface area contributed by atoms with E-state index in [-0.39, 0.29) is 11.7 Å². The molecular formula is C15H20N2O3S. The van der Waals surface area contributed by atoms with Gasteiger partial charge in [-0.2, -0.15) is 0 Å². The molecule has 0 spiro atoms. The van der Waals surface area contributed by atoms with Crippen LogP contribution in [-0.4, -0.2) is 45.3 Å². The van der Waals surface area contributed by atoms with Crippen LogP contribution >= 0.6 is 11.8 Å². The molecule has 2 aromatic rings. The van der Waals surface area contributed by atoms with E-state index < -0.39 is 5.60 Å². The number of rotatable bonds is 6. The van der Waals surface area contributed by atoms with Gasteiger partial charge in [-0.3, -0.25) is 4.79 Å². The van der Waals surface area contributed by atoms with Crippen molar-refractivity contribution in [3.63, 3.8) is 0 Å². The normalized spacial score (nSPS) is 11.8. The van der Waals surface area contributed by atoms with Crippen molar-refractivity contribution in [1.29, 1.82) is 0 Å². The number of aliphatic hydroxyl groups is 1. The molecule has 1 N–H and O–H groups in total. The third-order valence-corrected chi connectivity index (χ3v) is 3.72. The van der Waals surface area contributed by atoms with Gasteiger partial charge in [-0.1, -0.05) is 23.9 Å². The van der Waals surface area contributed by atoms with E-state index in [0.29, 0.717) is 18.3 Å². The second kappa shape index (κ2) is 6.49. The number of benzene rings is 1. The molecule has 1 aromatic heterocycles. The molecule has 0 unspecified atom stereocenters. The van der Waals surface area contributed by atoms with E-state index in [9.17, 15) is 9.90 Å². The number of hydrogen-bond donors (Lipinski definition) is 1. The molecule has 1 amide bonds. The number of amides is 1. The lowest BCUT2D eigenvalue weighted by Crippen LogP contribution is -2.42. The fourth-order valence-electron chi connectivity index (χ4n) is 1.97. The van der Waals surface area contributed by atoms with Gasteiger partial charge in [0.2, 0.25) is 5.91 Å². The van der Waals surface area contributed by atoms with Crippen molar-refractivity contribution < 1.29 is 14.3 Å². The summed E-state index contributed by atoms with van der Waals surface area (Å²) < 4.78 is 5.56. The van der Waals surface area contributed by atoms with E-state index in [1.807, 2.05) is 31.2 Å². The summed E-state index contributed by atoms with van der Waals surface area (Å²) in [5, 5.41) is 10.3. The van der Waals surface area contributed by atoms with E-state index in [1.54, 1.807) is 18.7 Å². The van der Waals surface area contributed by atoms with Crippen LogP contribution in [0.25, 0.3) is 11.1 Å². The lowest BCUT2D eigenvalue weighted by Gasteiger charge is -2.27. The Balaban J connectivity index is 1.96. The van der Waals surface area contributed by atoms with Gasteiger partial charge in [-0.05, 0) is 32.9 Å². The van der Waals surface area contributed by atoms with Gasteiger partial charge in [0.05, 0.1) is 11.4 Å². The maximum absolute atomic E-state index is 12.2. The Morgan fingerprint density at radius 2 is 2.14 bits per heavy atom. The van der Waals surface area contributed by atoms with Crippen molar-refractivity contribution in [1.82, 2.24) is 9.88 Å². The zero-order chi connectivity index (χ0) is 15.5. The fraction of sp³-hybridized carbons (Fsp3) is 0.467. The summed E-state index contributed by atoms with van der Waals surface area (Å²) in [5.74, 6) is 0.211. The third kappa shape index (κ3) is 4.47. The molecule has 1 aromatic carbocycles. The Hall–Kier alpha value is -1.53. The zero-order valence-corrected chi connectivity index (χ0v) is 13.3. The summed E-state index contributed by atoms with van der Waals surface area (Å²) in [4.78, 5) is 18.1. The number of likely N-dealkylation sites (N-methyl/N-ethyl adjacent to an activating group) is 1. The molecule has 0 saturated heterocycles. The maximum Gasteiger partial charge on any atom is 0.257 e. The first kappa shape index (κ1) is 15.9. The monoisotopic (exact) mass is 308 g/mol. The Kier molecular flexibility index (Phi) is 4.90. The van der Waals surface area contributed by atoms with Gasteiger partial charge in [-0.15, -0.1) is 0 Å². The second-order valence-corrected chi connectivity index (χ2v) is 6.38. The van der Waals surface area contributed by atoms with Crippen LogP contribution in [0.1, 0.15) is 20.8 Å². The number of para-hydroxylation sites is 2. The summed E-state index contributed by atoms with van der Waals surface area (Å²) in [6.45, 7) is 6.16. The molecule has 0 aliphatic heterocycles. The van der Waals surface area contributed by atoms with E-state index in [0.717, 1.165) is 11.1 Å². The summed E-state index contributed by atoms with van der Waals surface area (Å²) in [7, 11) is 0. The van der Waals surface area contributed by atoms with Gasteiger partial charge in [-0.25, -0.2) is 4.98 Å². The molecule has 0 aliphatic carbocycles. The smallest absolute Gasteiger partial charge is 0.257 e. The van der Waals surface area contributed by atoms with Crippen LogP contribution in [0.15, 0.2) is 33.9 Å². The molecule has 0 atom stereocenters. The molecule has 21 heavy (non-hydrogen) atoms. The highest BCUT2D eigenvalue weighted by Gasteiger charge is 2.21. The number of nitrogens with zero attached hydrogens (tertiary/aromatic N) is 2. The number of fused-ring (bicyclic) bond motifs is 1. The van der Waals surface area contributed by atoms with Crippen molar-refractivity contribution in [2.24, 2.45) is 0 Å². The van der Waals surface area contributed by atoms with Gasteiger partial charge in [0.25, 0.3) is 5.22 Å². The molecule has 0 fully saturated rings. The van der Waals surface area contributed by atoms with Crippen molar-refractivity contribution in [3.05, 3.63) is 24.3 Å². The van der Waals surface area contributed by atoms with Gasteiger partial charge < -0.3 is 14.4 Å². The van der Waals surface area contributed by atoms with Crippen LogP contribution in [0, 0.1) is 0 Å². The molecule has 1 heterocycles. The standard InChI is InChI=1S/C15H20N2O3S/c1-4-17(10-15(2,3)19)13(18)9-21-14-16-11-7-5-6-8-12(11)20-14/h5-8,19H,4,9-10H2,1-3H3. The Labute approximate surface area is 128 Å². The Morgan fingerprint density at radius 3 is 2.76 bits per heavy atom. The molecule has 0 saturated carbocycles. The quantitative estimate of drug-likeness (QED) is 0.831. The molecule has 6 heteroatoms. The molecule has 0 radical (unpaired) electrons. The first-order chi connectivity index (χ1) is 9.89. The zero-order valence-electron chi connectivity index (χ0n) is 12.5. The summed E-state index contributed by atoms with van der Waals surface area (Å²) in [6.07, 6.45) is 0. The summed E-state index contributed by atoms with van der Waals surface area (Å²) in [5.41, 5.74) is 0.612. The van der Waals surface area contributed by atoms with E-state index in [4.69, 9.17) is 4.42 Å². The van der Waals surface area contributed by atoms with Crippen molar-refractivity contribution in [3.8, 4) is 0 Å². The number of thioether (sulfide) groups is 1. The summed E-state index contributed by atoms with van der Waals surface area (Å²) in [6, 6.07) is 7.50. The van der Waals surface area contributed by atoms with Crippen LogP contribution in [0.5, 0.6) is 0 Å². The minimum Gasteiger partial charge on any atom is -0.431 e. The van der Waals surface area contributed by atoms with Crippen LogP contribution in [0.2, 0.25) is 0 Å². The highest BCUT2D eigenvalue weighted by Crippen LogP contribution is 2.23. The fourth-order valence-corrected chi connectivity index (χ4v) is 2.71. The number of carbonyl (C=O) groups is 1. The average Bonchev–Trinajstić information content (AvgIpc) is 2.84. The van der Waals surface area contributed by atoms with Crippen molar-refractivity contribution in [2.75, 3.05) is 18.8 Å². The van der Waals surface area contributed by atoms with Gasteiger partial charge in [0, 0.05) is 13.1 Å². The average molecular weight is 308 g/mol. The minimum absolute atomic E-state index is 0.0353. The lowest BCUT2D eigenvalue weighted by molar-refractivity contribution is -0.131. The predicted octanol–water partition coefficient (Wildman–Crippen LogP) is 2.54. The number of oxazole rings is 1. The van der Waals surface area contributed by atoms with Gasteiger partial charge in [0.15, 0.2) is 5.58 Å². The Morgan fingerprint density at radius 1 is 1.43 bits per heavy atom. The maximum atomic E-state index is 12.2. The van der Waals surface area contributed by atoms with Crippen LogP contribution in [0.3, 0.4) is 0 Å². The van der Waals surface area contributed by atoms with Crippen molar-refractivity contribution in [2.45, 2.75) is 31.6 Å². The molecule has 2 rings (SSSR count). The van der Waals surface area contributed by atoms with Crippen LogP contribution in [0.4, 0.5) is 0 Å². The molecule has 0 bridgehead atoms.